The molecule has 0 spiro atoms. The predicted octanol–water partition coefficient (Wildman–Crippen LogP) is 5.81. The largest absolute Gasteiger partial charge is 0.478 e. The van der Waals surface area contributed by atoms with Gasteiger partial charge in [0.25, 0.3) is 0 Å². The number of amides is 3. The summed E-state index contributed by atoms with van der Waals surface area (Å²) in [4.78, 5) is 38.7. The van der Waals surface area contributed by atoms with Crippen LogP contribution in [0.3, 0.4) is 0 Å². The van der Waals surface area contributed by atoms with Gasteiger partial charge in [-0.1, -0.05) is 50.2 Å². The number of hydrogen-bond donors (Lipinski definition) is 3. The number of hydrogen-bond acceptors (Lipinski definition) is 3. The molecule has 180 valence electrons. The molecule has 1 saturated heterocycles. The quantitative estimate of drug-likeness (QED) is 0.422. The third kappa shape index (κ3) is 5.69. The van der Waals surface area contributed by atoms with Gasteiger partial charge in [-0.25, -0.2) is 9.59 Å². The van der Waals surface area contributed by atoms with E-state index in [-0.39, 0.29) is 17.5 Å². The minimum atomic E-state index is -0.978. The number of nitrogens with zero attached hydrogens (tertiary/aromatic N) is 1. The van der Waals surface area contributed by atoms with Crippen LogP contribution in [-0.4, -0.2) is 40.5 Å². The number of aromatic carboxylic acids is 1. The van der Waals surface area contributed by atoms with Crippen LogP contribution in [0.1, 0.15) is 48.5 Å². The molecule has 35 heavy (non-hydrogen) atoms. The summed E-state index contributed by atoms with van der Waals surface area (Å²) in [6.07, 6.45) is 1.36. The van der Waals surface area contributed by atoms with Crippen molar-refractivity contribution in [2.75, 3.05) is 17.2 Å². The molecule has 0 saturated carbocycles. The number of nitrogens with one attached hydrogen (secondary N) is 2. The molecule has 0 aromatic heterocycles. The number of carboxylic acid groups (broad SMARTS) is 1. The van der Waals surface area contributed by atoms with Crippen LogP contribution in [0.25, 0.3) is 11.1 Å². The summed E-state index contributed by atoms with van der Waals surface area (Å²) < 4.78 is 0. The van der Waals surface area contributed by atoms with Crippen molar-refractivity contribution in [3.05, 3.63) is 83.9 Å². The molecule has 1 atom stereocenters. The van der Waals surface area contributed by atoms with E-state index < -0.39 is 12.0 Å². The molecule has 1 aliphatic heterocycles. The fraction of sp³-hybridized carbons (Fsp3) is 0.250. The summed E-state index contributed by atoms with van der Waals surface area (Å²) in [6.45, 7) is 4.75. The van der Waals surface area contributed by atoms with Gasteiger partial charge in [-0.2, -0.15) is 0 Å². The maximum Gasteiger partial charge on any atom is 0.335 e. The molecule has 3 aromatic carbocycles. The van der Waals surface area contributed by atoms with Gasteiger partial charge in [-0.15, -0.1) is 0 Å². The lowest BCUT2D eigenvalue weighted by atomic mass is 10.0. The van der Waals surface area contributed by atoms with Crippen molar-refractivity contribution in [3.8, 4) is 11.1 Å². The van der Waals surface area contributed by atoms with E-state index in [4.69, 9.17) is 0 Å². The second-order valence-corrected chi connectivity index (χ2v) is 9.01. The maximum absolute atomic E-state index is 13.0. The Hall–Kier alpha value is -4.13. The van der Waals surface area contributed by atoms with Crippen LogP contribution in [0, 0.1) is 0 Å². The normalized spacial score (nSPS) is 15.2. The van der Waals surface area contributed by atoms with Crippen molar-refractivity contribution in [3.63, 3.8) is 0 Å². The molecule has 0 radical (unpaired) electrons. The first-order valence-electron chi connectivity index (χ1n) is 11.7. The van der Waals surface area contributed by atoms with Crippen molar-refractivity contribution in [2.45, 2.75) is 38.6 Å². The lowest BCUT2D eigenvalue weighted by Crippen LogP contribution is -2.45. The van der Waals surface area contributed by atoms with Gasteiger partial charge < -0.3 is 20.6 Å². The summed E-state index contributed by atoms with van der Waals surface area (Å²) in [5.74, 6) is -0.794. The highest BCUT2D eigenvalue weighted by Crippen LogP contribution is 2.25. The molecule has 1 heterocycles. The average molecular weight is 472 g/mol. The van der Waals surface area contributed by atoms with E-state index in [9.17, 15) is 19.5 Å². The van der Waals surface area contributed by atoms with Crippen LogP contribution in [0.5, 0.6) is 0 Å². The summed E-state index contributed by atoms with van der Waals surface area (Å²) in [5, 5.41) is 15.0. The number of carboxylic acids is 1. The molecule has 7 nitrogen and oxygen atoms in total. The van der Waals surface area contributed by atoms with Crippen molar-refractivity contribution in [1.82, 2.24) is 4.90 Å². The lowest BCUT2D eigenvalue weighted by Gasteiger charge is -2.24. The zero-order valence-electron chi connectivity index (χ0n) is 19.8. The van der Waals surface area contributed by atoms with Crippen LogP contribution in [0.4, 0.5) is 16.2 Å². The molecule has 4 rings (SSSR count). The van der Waals surface area contributed by atoms with Gasteiger partial charge in [0.2, 0.25) is 5.91 Å². The number of urea groups is 1. The van der Waals surface area contributed by atoms with Crippen LogP contribution >= 0.6 is 0 Å². The molecule has 0 bridgehead atoms. The van der Waals surface area contributed by atoms with Crippen LogP contribution in [0.2, 0.25) is 0 Å². The summed E-state index contributed by atoms with van der Waals surface area (Å²) >= 11 is 0. The Bertz CT molecular complexity index is 1220. The highest BCUT2D eigenvalue weighted by atomic mass is 16.4. The van der Waals surface area contributed by atoms with E-state index in [0.29, 0.717) is 30.3 Å². The Balaban J connectivity index is 1.39. The Labute approximate surface area is 204 Å². The highest BCUT2D eigenvalue weighted by molar-refractivity contribution is 5.99. The molecule has 0 aliphatic carbocycles. The topological polar surface area (TPSA) is 98.7 Å². The third-order valence-corrected chi connectivity index (χ3v) is 6.24. The molecular weight excluding hydrogens is 442 g/mol. The van der Waals surface area contributed by atoms with Crippen molar-refractivity contribution >= 4 is 29.3 Å². The molecule has 3 N–H and O–H groups in total. The number of benzene rings is 3. The number of likely N-dealkylation sites (tertiary alicyclic amines) is 1. The molecule has 7 heteroatoms. The van der Waals surface area contributed by atoms with Crippen molar-refractivity contribution < 1.29 is 19.5 Å². The Kier molecular flexibility index (Phi) is 7.15. The zero-order valence-corrected chi connectivity index (χ0v) is 19.8. The number of carbonyl (C=O) groups is 3. The Morgan fingerprint density at radius 2 is 1.54 bits per heavy atom. The van der Waals surface area contributed by atoms with E-state index in [0.717, 1.165) is 17.5 Å². The third-order valence-electron chi connectivity index (χ3n) is 6.24. The minimum Gasteiger partial charge on any atom is -0.478 e. The summed E-state index contributed by atoms with van der Waals surface area (Å²) in [5.41, 5.74) is 4.36. The van der Waals surface area contributed by atoms with E-state index in [1.807, 2.05) is 42.5 Å². The molecular formula is C28H29N3O4. The van der Waals surface area contributed by atoms with Gasteiger partial charge in [0, 0.05) is 17.9 Å². The van der Waals surface area contributed by atoms with Crippen LogP contribution in [-0.2, 0) is 4.79 Å². The molecule has 3 amide bonds. The number of anilines is 2. The first-order chi connectivity index (χ1) is 16.8. The van der Waals surface area contributed by atoms with Gasteiger partial charge in [0.15, 0.2) is 0 Å². The molecule has 1 fully saturated rings. The number of carbonyl (C=O) groups excluding carboxylic acids is 2. The highest BCUT2D eigenvalue weighted by Gasteiger charge is 2.34. The predicted molar refractivity (Wildman–Crippen MR) is 137 cm³/mol. The fourth-order valence-electron chi connectivity index (χ4n) is 4.23. The summed E-state index contributed by atoms with van der Waals surface area (Å²) in [7, 11) is 0. The maximum atomic E-state index is 13.0. The minimum absolute atomic E-state index is 0.218. The molecule has 3 aromatic rings. The molecule has 1 unspecified atom stereocenters. The van der Waals surface area contributed by atoms with E-state index >= 15 is 0 Å². The first kappa shape index (κ1) is 24.0. The number of rotatable bonds is 6. The fourth-order valence-corrected chi connectivity index (χ4v) is 4.23. The van der Waals surface area contributed by atoms with Gasteiger partial charge in [0.1, 0.15) is 6.04 Å². The van der Waals surface area contributed by atoms with Crippen molar-refractivity contribution in [2.24, 2.45) is 0 Å². The van der Waals surface area contributed by atoms with Gasteiger partial charge in [-0.3, -0.25) is 4.79 Å². The van der Waals surface area contributed by atoms with Gasteiger partial charge >= 0.3 is 12.0 Å². The summed E-state index contributed by atoms with van der Waals surface area (Å²) in [6, 6.07) is 20.8. The monoisotopic (exact) mass is 471 g/mol. The van der Waals surface area contributed by atoms with E-state index in [2.05, 4.69) is 24.5 Å². The second kappa shape index (κ2) is 10.4. The lowest BCUT2D eigenvalue weighted by molar-refractivity contribution is -0.119. The van der Waals surface area contributed by atoms with E-state index in [1.54, 1.807) is 35.2 Å². The van der Waals surface area contributed by atoms with Crippen LogP contribution < -0.4 is 10.6 Å². The SMILES string of the molecule is CC(C)c1ccc(NC(=O)N2CCCC2C(=O)Nc2ccc(-c3cccc(C(=O)O)c3)cc2)cc1. The molecule has 1 aliphatic rings. The Morgan fingerprint density at radius 3 is 2.20 bits per heavy atom. The van der Waals surface area contributed by atoms with Gasteiger partial charge in [-0.05, 0) is 71.8 Å². The zero-order chi connectivity index (χ0) is 24.9. The van der Waals surface area contributed by atoms with Crippen molar-refractivity contribution in [1.29, 1.82) is 0 Å². The van der Waals surface area contributed by atoms with Crippen LogP contribution in [0.15, 0.2) is 72.8 Å². The van der Waals surface area contributed by atoms with E-state index in [1.165, 1.54) is 5.56 Å². The first-order valence-corrected chi connectivity index (χ1v) is 11.7. The smallest absolute Gasteiger partial charge is 0.335 e. The Morgan fingerprint density at radius 1 is 0.886 bits per heavy atom. The second-order valence-electron chi connectivity index (χ2n) is 9.01. The standard InChI is InChI=1S/C28H29N3O4/c1-18(2)19-8-12-24(13-9-19)30-28(35)31-16-4-7-25(31)26(32)29-23-14-10-20(11-15-23)21-5-3-6-22(17-21)27(33)34/h3,5-6,8-15,17-18,25H,4,7,16H2,1-2H3,(H,29,32)(H,30,35)(H,33,34). The van der Waals surface area contributed by atoms with Gasteiger partial charge in [0.05, 0.1) is 5.56 Å². The average Bonchev–Trinajstić information content (AvgIpc) is 3.35.